The lowest BCUT2D eigenvalue weighted by molar-refractivity contribution is 0.258. The number of hydrogen-bond donors (Lipinski definition) is 0. The highest BCUT2D eigenvalue weighted by Gasteiger charge is 2.16. The van der Waals surface area contributed by atoms with Gasteiger partial charge in [-0.15, -0.1) is 0 Å². The molecule has 1 rings (SSSR count). The zero-order chi connectivity index (χ0) is 22.7. The number of aryl methyl sites for hydroxylation is 1. The molecule has 0 aliphatic heterocycles. The van der Waals surface area contributed by atoms with E-state index < -0.39 is 0 Å². The molecule has 0 radical (unpaired) electrons. The third-order valence-electron chi connectivity index (χ3n) is 5.81. The maximum absolute atomic E-state index is 6.50. The van der Waals surface area contributed by atoms with Crippen molar-refractivity contribution in [3.05, 3.63) is 21.7 Å². The molecular formula is C27H46Cl2O2. The summed E-state index contributed by atoms with van der Waals surface area (Å²) in [5, 5.41) is 1.04. The molecule has 0 aromatic heterocycles. The first-order valence-electron chi connectivity index (χ1n) is 12.9. The highest BCUT2D eigenvalue weighted by atomic mass is 35.5. The van der Waals surface area contributed by atoms with Crippen molar-refractivity contribution in [3.8, 4) is 11.5 Å². The van der Waals surface area contributed by atoms with E-state index in [4.69, 9.17) is 32.7 Å². The molecule has 0 N–H and O–H groups in total. The second kappa shape index (κ2) is 18.9. The van der Waals surface area contributed by atoms with E-state index in [1.54, 1.807) is 0 Å². The van der Waals surface area contributed by atoms with Gasteiger partial charge in [0.05, 0.1) is 18.2 Å². The van der Waals surface area contributed by atoms with Gasteiger partial charge in [0.1, 0.15) is 5.02 Å². The number of benzene rings is 1. The minimum absolute atomic E-state index is 0.479. The zero-order valence-corrected chi connectivity index (χ0v) is 21.9. The maximum Gasteiger partial charge on any atom is 0.181 e. The summed E-state index contributed by atoms with van der Waals surface area (Å²) in [6.07, 6.45) is 20.5. The molecule has 0 atom stereocenters. The second-order valence-corrected chi connectivity index (χ2v) is 9.55. The van der Waals surface area contributed by atoms with Gasteiger partial charge in [0.25, 0.3) is 0 Å². The topological polar surface area (TPSA) is 18.5 Å². The molecule has 0 amide bonds. The fourth-order valence-electron chi connectivity index (χ4n) is 3.78. The van der Waals surface area contributed by atoms with E-state index in [1.165, 1.54) is 89.9 Å². The fraction of sp³-hybridized carbons (Fsp3) is 0.778. The molecule has 180 valence electrons. The SMILES string of the molecule is CCCCCCCCCCOc1cc(C)c(Cl)c(Cl)c1OCCCCCCCCCC. The Bertz CT molecular complexity index is 575. The highest BCUT2D eigenvalue weighted by molar-refractivity contribution is 6.43. The summed E-state index contributed by atoms with van der Waals surface area (Å²) in [4.78, 5) is 0. The van der Waals surface area contributed by atoms with Crippen molar-refractivity contribution < 1.29 is 9.47 Å². The Labute approximate surface area is 202 Å². The minimum atomic E-state index is 0.479. The van der Waals surface area contributed by atoms with Crippen molar-refractivity contribution in [3.63, 3.8) is 0 Å². The van der Waals surface area contributed by atoms with Gasteiger partial charge in [-0.3, -0.25) is 0 Å². The Balaban J connectivity index is 2.34. The van der Waals surface area contributed by atoms with Crippen LogP contribution in [0, 0.1) is 6.92 Å². The average molecular weight is 474 g/mol. The summed E-state index contributed by atoms with van der Waals surface area (Å²) in [5.41, 5.74) is 0.928. The van der Waals surface area contributed by atoms with Gasteiger partial charge >= 0.3 is 0 Å². The van der Waals surface area contributed by atoms with Gasteiger partial charge in [0.15, 0.2) is 11.5 Å². The smallest absolute Gasteiger partial charge is 0.181 e. The molecule has 0 heterocycles. The van der Waals surface area contributed by atoms with Gasteiger partial charge in [0.2, 0.25) is 0 Å². The van der Waals surface area contributed by atoms with Crippen molar-refractivity contribution in [1.82, 2.24) is 0 Å². The number of hydrogen-bond acceptors (Lipinski definition) is 2. The summed E-state index contributed by atoms with van der Waals surface area (Å²) in [5.74, 6) is 1.34. The van der Waals surface area contributed by atoms with E-state index in [0.717, 1.165) is 24.2 Å². The summed E-state index contributed by atoms with van der Waals surface area (Å²) in [6, 6.07) is 1.96. The molecule has 0 aliphatic rings. The van der Waals surface area contributed by atoms with Crippen LogP contribution in [0.4, 0.5) is 0 Å². The molecule has 1 aromatic carbocycles. The highest BCUT2D eigenvalue weighted by Crippen LogP contribution is 2.42. The third-order valence-corrected chi connectivity index (χ3v) is 6.75. The summed E-state index contributed by atoms with van der Waals surface area (Å²) < 4.78 is 12.1. The van der Waals surface area contributed by atoms with Crippen LogP contribution in [-0.4, -0.2) is 13.2 Å². The van der Waals surface area contributed by atoms with Gasteiger partial charge < -0.3 is 9.47 Å². The number of rotatable bonds is 20. The van der Waals surface area contributed by atoms with Gasteiger partial charge in [-0.1, -0.05) is 127 Å². The molecule has 31 heavy (non-hydrogen) atoms. The molecule has 0 spiro atoms. The van der Waals surface area contributed by atoms with E-state index in [9.17, 15) is 0 Å². The van der Waals surface area contributed by atoms with Crippen LogP contribution in [0.15, 0.2) is 6.07 Å². The Morgan fingerprint density at radius 3 is 1.48 bits per heavy atom. The minimum Gasteiger partial charge on any atom is -0.490 e. The normalized spacial score (nSPS) is 11.1. The Morgan fingerprint density at radius 1 is 0.581 bits per heavy atom. The second-order valence-electron chi connectivity index (χ2n) is 8.80. The Hall–Kier alpha value is -0.600. The standard InChI is InChI=1S/C27H46Cl2O2/c1-4-6-8-10-12-14-16-18-20-30-24-22-23(3)25(28)26(29)27(24)31-21-19-17-15-13-11-9-7-5-2/h22H,4-21H2,1-3H3. The first kappa shape index (κ1) is 28.4. The van der Waals surface area contributed by atoms with Crippen LogP contribution in [0.1, 0.15) is 122 Å². The Kier molecular flexibility index (Phi) is 17.4. The average Bonchev–Trinajstić information content (AvgIpc) is 2.77. The first-order chi connectivity index (χ1) is 15.1. The molecule has 0 fully saturated rings. The van der Waals surface area contributed by atoms with Crippen molar-refractivity contribution in [2.45, 2.75) is 124 Å². The molecule has 0 unspecified atom stereocenters. The van der Waals surface area contributed by atoms with Crippen molar-refractivity contribution in [1.29, 1.82) is 0 Å². The van der Waals surface area contributed by atoms with Crippen molar-refractivity contribution in [2.24, 2.45) is 0 Å². The van der Waals surface area contributed by atoms with E-state index >= 15 is 0 Å². The van der Waals surface area contributed by atoms with Gasteiger partial charge in [-0.25, -0.2) is 0 Å². The largest absolute Gasteiger partial charge is 0.490 e. The molecule has 1 aromatic rings. The lowest BCUT2D eigenvalue weighted by Gasteiger charge is -2.16. The lowest BCUT2D eigenvalue weighted by atomic mass is 10.1. The van der Waals surface area contributed by atoms with Crippen LogP contribution >= 0.6 is 23.2 Å². The van der Waals surface area contributed by atoms with Crippen LogP contribution in [0.2, 0.25) is 10.0 Å². The van der Waals surface area contributed by atoms with Crippen LogP contribution in [0.3, 0.4) is 0 Å². The predicted molar refractivity (Wildman–Crippen MR) is 137 cm³/mol. The maximum atomic E-state index is 6.50. The predicted octanol–water partition coefficient (Wildman–Crippen LogP) is 10.3. The van der Waals surface area contributed by atoms with E-state index in [1.807, 2.05) is 13.0 Å². The molecule has 0 saturated heterocycles. The van der Waals surface area contributed by atoms with Gasteiger partial charge in [0, 0.05) is 0 Å². The van der Waals surface area contributed by atoms with Crippen LogP contribution in [-0.2, 0) is 0 Å². The lowest BCUT2D eigenvalue weighted by Crippen LogP contribution is -2.04. The van der Waals surface area contributed by atoms with E-state index in [0.29, 0.717) is 29.0 Å². The zero-order valence-electron chi connectivity index (χ0n) is 20.4. The first-order valence-corrected chi connectivity index (χ1v) is 13.6. The number of ether oxygens (including phenoxy) is 2. The monoisotopic (exact) mass is 472 g/mol. The van der Waals surface area contributed by atoms with E-state index in [-0.39, 0.29) is 0 Å². The molecular weight excluding hydrogens is 427 g/mol. The molecule has 2 nitrogen and oxygen atoms in total. The summed E-state index contributed by atoms with van der Waals surface area (Å²) in [7, 11) is 0. The third kappa shape index (κ3) is 12.9. The van der Waals surface area contributed by atoms with Crippen LogP contribution < -0.4 is 9.47 Å². The van der Waals surface area contributed by atoms with Crippen molar-refractivity contribution in [2.75, 3.05) is 13.2 Å². The number of unbranched alkanes of at least 4 members (excludes halogenated alkanes) is 14. The molecule has 0 aliphatic carbocycles. The van der Waals surface area contributed by atoms with Gasteiger partial charge in [-0.05, 0) is 31.4 Å². The van der Waals surface area contributed by atoms with Crippen LogP contribution in [0.25, 0.3) is 0 Å². The summed E-state index contributed by atoms with van der Waals surface area (Å²) in [6.45, 7) is 7.82. The fourth-order valence-corrected chi connectivity index (χ4v) is 4.21. The van der Waals surface area contributed by atoms with E-state index in [2.05, 4.69) is 13.8 Å². The van der Waals surface area contributed by atoms with Crippen molar-refractivity contribution >= 4 is 23.2 Å². The Morgan fingerprint density at radius 2 is 1.00 bits per heavy atom. The van der Waals surface area contributed by atoms with Gasteiger partial charge in [-0.2, -0.15) is 0 Å². The quantitative estimate of drug-likeness (QED) is 0.175. The number of halogens is 2. The molecule has 0 saturated carbocycles. The molecule has 4 heteroatoms. The summed E-state index contributed by atoms with van der Waals surface area (Å²) >= 11 is 12.9. The molecule has 0 bridgehead atoms. The van der Waals surface area contributed by atoms with Crippen LogP contribution in [0.5, 0.6) is 11.5 Å².